The summed E-state index contributed by atoms with van der Waals surface area (Å²) in [7, 11) is 0. The Morgan fingerprint density at radius 3 is 2.54 bits per heavy atom. The highest BCUT2D eigenvalue weighted by molar-refractivity contribution is 5.96. The quantitative estimate of drug-likeness (QED) is 0.529. The second kappa shape index (κ2) is 12.0. The van der Waals surface area contributed by atoms with Gasteiger partial charge >= 0.3 is 0 Å². The first-order chi connectivity index (χ1) is 18.2. The third-order valence-electron chi connectivity index (χ3n) is 6.80. The number of carbonyl (C=O) groups is 1. The molecule has 2 aliphatic rings. The maximum atomic E-state index is 13.5. The number of pyridine rings is 1. The third-order valence-corrected chi connectivity index (χ3v) is 6.80. The number of rotatable bonds is 4. The van der Waals surface area contributed by atoms with E-state index in [1.165, 1.54) is 19.3 Å². The van der Waals surface area contributed by atoms with Crippen LogP contribution < -0.4 is 14.4 Å². The number of fused-ring (bicyclic) bond motifs is 2. The van der Waals surface area contributed by atoms with Crippen molar-refractivity contribution in [2.45, 2.75) is 32.7 Å². The Morgan fingerprint density at radius 1 is 0.865 bits per heavy atom. The molecule has 0 unspecified atom stereocenters. The van der Waals surface area contributed by atoms with Crippen molar-refractivity contribution in [1.82, 2.24) is 24.8 Å². The molecule has 0 N–H and O–H groups in total. The number of piperidine rings is 1. The van der Waals surface area contributed by atoms with Crippen LogP contribution in [0.1, 0.15) is 42.2 Å². The molecule has 1 amide bonds. The molecular weight excluding hydrogens is 468 g/mol. The Morgan fingerprint density at radius 2 is 1.70 bits per heavy atom. The zero-order chi connectivity index (χ0) is 25.5. The molecule has 2 aliphatic heterocycles. The molecule has 1 aromatic carbocycles. The van der Waals surface area contributed by atoms with Gasteiger partial charge in [0.15, 0.2) is 11.5 Å². The first-order valence-corrected chi connectivity index (χ1v) is 13.1. The van der Waals surface area contributed by atoms with Crippen molar-refractivity contribution in [3.63, 3.8) is 0 Å². The Kier molecular flexibility index (Phi) is 8.10. The van der Waals surface area contributed by atoms with Gasteiger partial charge in [-0.25, -0.2) is 15.0 Å². The molecule has 0 bridgehead atoms. The van der Waals surface area contributed by atoms with Crippen LogP contribution in [0.4, 0.5) is 5.95 Å². The molecule has 0 saturated carbocycles. The molecule has 2 aromatic heterocycles. The lowest BCUT2D eigenvalue weighted by Gasteiger charge is -2.28. The number of carbonyl (C=O) groups excluding carboxylic acids is 1. The van der Waals surface area contributed by atoms with E-state index in [0.29, 0.717) is 56.4 Å². The van der Waals surface area contributed by atoms with Gasteiger partial charge in [-0.2, -0.15) is 0 Å². The molecule has 0 radical (unpaired) electrons. The van der Waals surface area contributed by atoms with E-state index in [4.69, 9.17) is 14.5 Å². The maximum Gasteiger partial charge on any atom is 0.259 e. The zero-order valence-corrected chi connectivity index (χ0v) is 21.4. The van der Waals surface area contributed by atoms with E-state index in [1.807, 2.05) is 48.4 Å². The van der Waals surface area contributed by atoms with Crippen LogP contribution >= 0.6 is 0 Å². The lowest BCUT2D eigenvalue weighted by atomic mass is 10.1. The number of ether oxygens (including phenoxy) is 2. The van der Waals surface area contributed by atoms with Crippen molar-refractivity contribution < 1.29 is 14.3 Å². The second-order valence-electron chi connectivity index (χ2n) is 9.31. The van der Waals surface area contributed by atoms with Crippen molar-refractivity contribution in [1.29, 1.82) is 0 Å². The van der Waals surface area contributed by atoms with Crippen LogP contribution in [0.2, 0.25) is 0 Å². The van der Waals surface area contributed by atoms with Crippen molar-refractivity contribution >= 4 is 11.9 Å². The van der Waals surface area contributed by atoms with Gasteiger partial charge in [-0.3, -0.25) is 9.69 Å². The van der Waals surface area contributed by atoms with Gasteiger partial charge in [0.25, 0.3) is 5.91 Å². The molecule has 9 nitrogen and oxygen atoms in total. The summed E-state index contributed by atoms with van der Waals surface area (Å²) in [5.41, 5.74) is 1.40. The van der Waals surface area contributed by atoms with Gasteiger partial charge < -0.3 is 19.3 Å². The summed E-state index contributed by atoms with van der Waals surface area (Å²) in [5, 5.41) is 0. The molecule has 0 spiro atoms. The highest BCUT2D eigenvalue weighted by atomic mass is 16.5. The minimum atomic E-state index is -0.0994. The van der Waals surface area contributed by atoms with Gasteiger partial charge in [0, 0.05) is 58.2 Å². The van der Waals surface area contributed by atoms with Crippen LogP contribution in [0, 0.1) is 0 Å². The van der Waals surface area contributed by atoms with Crippen molar-refractivity contribution in [2.24, 2.45) is 0 Å². The van der Waals surface area contributed by atoms with E-state index < -0.39 is 0 Å². The number of amides is 1. The van der Waals surface area contributed by atoms with E-state index >= 15 is 0 Å². The molecule has 0 atom stereocenters. The summed E-state index contributed by atoms with van der Waals surface area (Å²) in [5.74, 6) is 2.14. The lowest BCUT2D eigenvalue weighted by molar-refractivity contribution is 0.0736. The molecule has 37 heavy (non-hydrogen) atoms. The normalized spacial score (nSPS) is 17.4. The first-order valence-electron chi connectivity index (χ1n) is 13.1. The summed E-state index contributed by atoms with van der Waals surface area (Å²) >= 11 is 0. The Bertz CT molecular complexity index is 1200. The van der Waals surface area contributed by atoms with Gasteiger partial charge in [0.2, 0.25) is 11.8 Å². The van der Waals surface area contributed by atoms with Crippen LogP contribution in [0.25, 0.3) is 0 Å². The van der Waals surface area contributed by atoms with Crippen LogP contribution in [-0.4, -0.2) is 76.5 Å². The minimum absolute atomic E-state index is 0.0994. The fraction of sp³-hybridized carbons (Fsp3) is 0.429. The molecule has 1 fully saturated rings. The topological polar surface area (TPSA) is 83.9 Å². The fourth-order valence-corrected chi connectivity index (χ4v) is 4.73. The van der Waals surface area contributed by atoms with Crippen LogP contribution in [0.15, 0.2) is 54.9 Å². The number of benzene rings is 1. The fourth-order valence-electron chi connectivity index (χ4n) is 4.73. The number of nitrogens with zero attached hydrogens (tertiary/aromatic N) is 6. The molecule has 1 saturated heterocycles. The van der Waals surface area contributed by atoms with Gasteiger partial charge in [-0.1, -0.05) is 12.1 Å². The number of aromatic nitrogens is 3. The predicted octanol–water partition coefficient (Wildman–Crippen LogP) is 4.01. The number of likely N-dealkylation sites (N-methyl/N-ethyl adjacent to an activating group) is 1. The Labute approximate surface area is 218 Å². The highest BCUT2D eigenvalue weighted by Crippen LogP contribution is 2.32. The van der Waals surface area contributed by atoms with Crippen LogP contribution in [0.3, 0.4) is 0 Å². The molecule has 4 heterocycles. The number of anilines is 1. The average Bonchev–Trinajstić information content (AvgIpc) is 2.95. The van der Waals surface area contributed by atoms with E-state index in [9.17, 15) is 4.79 Å². The number of hydrogen-bond acceptors (Lipinski definition) is 8. The first kappa shape index (κ1) is 25.0. The summed E-state index contributed by atoms with van der Waals surface area (Å²) in [6.07, 6.45) is 7.11. The third kappa shape index (κ3) is 6.17. The molecular formula is C28H34N6O3. The van der Waals surface area contributed by atoms with Gasteiger partial charge in [-0.05, 0) is 56.5 Å². The monoisotopic (exact) mass is 502 g/mol. The smallest absolute Gasteiger partial charge is 0.259 e. The summed E-state index contributed by atoms with van der Waals surface area (Å²) in [4.78, 5) is 33.6. The molecule has 5 rings (SSSR count). The average molecular weight is 503 g/mol. The largest absolute Gasteiger partial charge is 0.488 e. The lowest BCUT2D eigenvalue weighted by Crippen LogP contribution is -2.40. The highest BCUT2D eigenvalue weighted by Gasteiger charge is 2.23. The maximum absolute atomic E-state index is 13.5. The number of hydrogen-bond donors (Lipinski definition) is 0. The molecule has 194 valence electrons. The van der Waals surface area contributed by atoms with Gasteiger partial charge in [0.1, 0.15) is 12.2 Å². The molecule has 9 heteroatoms. The summed E-state index contributed by atoms with van der Waals surface area (Å²) in [6, 6.07) is 13.0. The van der Waals surface area contributed by atoms with E-state index in [2.05, 4.69) is 19.8 Å². The standard InChI is InChI=1S/C28H34N6O3/c1-2-33-18-17-32(21-22-12-14-30-28(31-22)34-15-6-3-7-16-34)19-20-36-24-10-4-5-11-25(24)37-26-23(27(33)35)9-8-13-29-26/h4-5,8-14H,2-3,6-7,15-21H2,1H3. The minimum Gasteiger partial charge on any atom is -0.488 e. The summed E-state index contributed by atoms with van der Waals surface area (Å²) in [6.45, 7) is 7.64. The Hall–Kier alpha value is -3.72. The van der Waals surface area contributed by atoms with Crippen molar-refractivity contribution in [2.75, 3.05) is 50.8 Å². The van der Waals surface area contributed by atoms with E-state index in [0.717, 1.165) is 24.7 Å². The SMILES string of the molecule is CCN1CCN(Cc2ccnc(N3CCCCC3)n2)CCOc2ccccc2Oc2ncccc2C1=O. The van der Waals surface area contributed by atoms with Crippen LogP contribution in [-0.2, 0) is 6.54 Å². The second-order valence-corrected chi connectivity index (χ2v) is 9.31. The van der Waals surface area contributed by atoms with Crippen LogP contribution in [0.5, 0.6) is 17.4 Å². The van der Waals surface area contributed by atoms with Gasteiger partial charge in [-0.15, -0.1) is 0 Å². The van der Waals surface area contributed by atoms with Gasteiger partial charge in [0.05, 0.1) is 5.69 Å². The number of para-hydroxylation sites is 2. The summed E-state index contributed by atoms with van der Waals surface area (Å²) < 4.78 is 12.2. The predicted molar refractivity (Wildman–Crippen MR) is 141 cm³/mol. The molecule has 0 aliphatic carbocycles. The van der Waals surface area contributed by atoms with E-state index in [1.54, 1.807) is 18.3 Å². The zero-order valence-electron chi connectivity index (χ0n) is 21.4. The Balaban J connectivity index is 1.39. The molecule has 3 aromatic rings. The van der Waals surface area contributed by atoms with Crippen molar-refractivity contribution in [3.05, 3.63) is 66.1 Å². The van der Waals surface area contributed by atoms with Crippen molar-refractivity contribution in [3.8, 4) is 17.4 Å². The van der Waals surface area contributed by atoms with E-state index in [-0.39, 0.29) is 11.8 Å².